The lowest BCUT2D eigenvalue weighted by molar-refractivity contribution is 0.283. The first-order valence-electron chi connectivity index (χ1n) is 6.39. The molecule has 0 spiro atoms. The Bertz CT molecular complexity index is 453. The van der Waals surface area contributed by atoms with Crippen molar-refractivity contribution in [1.82, 2.24) is 14.5 Å². The van der Waals surface area contributed by atoms with E-state index in [1.165, 1.54) is 11.3 Å². The Morgan fingerprint density at radius 1 is 1.06 bits per heavy atom. The molecular weight excluding hydrogens is 226 g/mol. The Morgan fingerprint density at radius 2 is 1.89 bits per heavy atom. The summed E-state index contributed by atoms with van der Waals surface area (Å²) in [4.78, 5) is 8.23. The van der Waals surface area contributed by atoms with Crippen molar-refractivity contribution in [2.45, 2.75) is 32.2 Å². The van der Waals surface area contributed by atoms with Crippen LogP contribution in [0, 0.1) is 0 Å². The van der Waals surface area contributed by atoms with Crippen molar-refractivity contribution in [1.29, 1.82) is 0 Å². The summed E-state index contributed by atoms with van der Waals surface area (Å²) in [5, 5.41) is 8.75. The van der Waals surface area contributed by atoms with Gasteiger partial charge in [-0.25, -0.2) is 4.98 Å². The Morgan fingerprint density at radius 3 is 2.67 bits per heavy atom. The number of unbranched alkanes of at least 4 members (excludes halogenated alkanes) is 2. The molecule has 4 heteroatoms. The first-order chi connectivity index (χ1) is 8.90. The van der Waals surface area contributed by atoms with E-state index in [1.54, 1.807) is 0 Å². The summed E-state index contributed by atoms with van der Waals surface area (Å²) >= 11 is 0. The molecule has 0 atom stereocenters. The third-order valence-electron chi connectivity index (χ3n) is 2.99. The molecule has 96 valence electrons. The molecule has 0 aliphatic rings. The van der Waals surface area contributed by atoms with E-state index in [2.05, 4.69) is 14.5 Å². The minimum atomic E-state index is 0.288. The van der Waals surface area contributed by atoms with Gasteiger partial charge in [0.05, 0.1) is 6.33 Å². The van der Waals surface area contributed by atoms with E-state index >= 15 is 0 Å². The normalized spacial score (nSPS) is 10.7. The van der Waals surface area contributed by atoms with Gasteiger partial charge in [-0.1, -0.05) is 6.42 Å². The van der Waals surface area contributed by atoms with E-state index in [0.29, 0.717) is 0 Å². The number of pyridine rings is 1. The minimum Gasteiger partial charge on any atom is -0.396 e. The van der Waals surface area contributed by atoms with E-state index in [4.69, 9.17) is 5.11 Å². The van der Waals surface area contributed by atoms with Crippen LogP contribution in [0.3, 0.4) is 0 Å². The number of aryl methyl sites for hydroxylation is 1. The van der Waals surface area contributed by atoms with Crippen molar-refractivity contribution in [3.63, 3.8) is 0 Å². The molecule has 18 heavy (non-hydrogen) atoms. The Labute approximate surface area is 107 Å². The number of hydrogen-bond donors (Lipinski definition) is 1. The van der Waals surface area contributed by atoms with Crippen molar-refractivity contribution in [2.24, 2.45) is 0 Å². The second-order valence-corrected chi connectivity index (χ2v) is 4.40. The van der Waals surface area contributed by atoms with Crippen molar-refractivity contribution in [2.75, 3.05) is 6.61 Å². The molecule has 0 aliphatic heterocycles. The van der Waals surface area contributed by atoms with Gasteiger partial charge in [0, 0.05) is 37.4 Å². The molecule has 0 aromatic carbocycles. The average Bonchev–Trinajstić information content (AvgIpc) is 2.83. The van der Waals surface area contributed by atoms with Crippen molar-refractivity contribution >= 4 is 0 Å². The summed E-state index contributed by atoms with van der Waals surface area (Å²) in [6, 6.07) is 4.05. The van der Waals surface area contributed by atoms with Gasteiger partial charge in [0.25, 0.3) is 0 Å². The summed E-state index contributed by atoms with van der Waals surface area (Å²) in [5.41, 5.74) is 2.49. The smallest absolute Gasteiger partial charge is 0.0951 e. The van der Waals surface area contributed by atoms with Crippen molar-refractivity contribution in [3.8, 4) is 0 Å². The minimum absolute atomic E-state index is 0.288. The number of aliphatic hydroxyl groups excluding tert-OH is 1. The number of imidazole rings is 1. The van der Waals surface area contributed by atoms with Crippen LogP contribution in [0.2, 0.25) is 0 Å². The van der Waals surface area contributed by atoms with Gasteiger partial charge in [0.2, 0.25) is 0 Å². The summed E-state index contributed by atoms with van der Waals surface area (Å²) in [5.74, 6) is 0. The Balaban J connectivity index is 1.91. The molecule has 0 saturated heterocycles. The zero-order valence-corrected chi connectivity index (χ0v) is 10.5. The molecule has 2 aromatic rings. The van der Waals surface area contributed by atoms with Gasteiger partial charge in [0.15, 0.2) is 0 Å². The average molecular weight is 245 g/mol. The van der Waals surface area contributed by atoms with Gasteiger partial charge >= 0.3 is 0 Å². The van der Waals surface area contributed by atoms with Crippen LogP contribution in [-0.4, -0.2) is 26.2 Å². The van der Waals surface area contributed by atoms with Crippen LogP contribution in [-0.2, 0) is 13.0 Å². The fourth-order valence-corrected chi connectivity index (χ4v) is 1.98. The largest absolute Gasteiger partial charge is 0.396 e. The fourth-order valence-electron chi connectivity index (χ4n) is 1.98. The van der Waals surface area contributed by atoms with Gasteiger partial charge in [-0.15, -0.1) is 0 Å². The fraction of sp³-hybridized carbons (Fsp3) is 0.429. The van der Waals surface area contributed by atoms with Gasteiger partial charge in [-0.2, -0.15) is 0 Å². The third kappa shape index (κ3) is 3.67. The lowest BCUT2D eigenvalue weighted by Gasteiger charge is -2.07. The molecule has 0 bridgehead atoms. The summed E-state index contributed by atoms with van der Waals surface area (Å²) in [6.45, 7) is 1.13. The highest BCUT2D eigenvalue weighted by Gasteiger charge is 2.02. The third-order valence-corrected chi connectivity index (χ3v) is 2.99. The van der Waals surface area contributed by atoms with Crippen molar-refractivity contribution < 1.29 is 5.11 Å². The van der Waals surface area contributed by atoms with E-state index in [1.807, 2.05) is 37.1 Å². The van der Waals surface area contributed by atoms with E-state index in [9.17, 15) is 0 Å². The van der Waals surface area contributed by atoms with Crippen LogP contribution in [0.5, 0.6) is 0 Å². The molecule has 2 aromatic heterocycles. The molecule has 0 fully saturated rings. The van der Waals surface area contributed by atoms with Crippen LogP contribution in [0.25, 0.3) is 0 Å². The molecule has 2 rings (SSSR count). The Hall–Kier alpha value is -1.68. The van der Waals surface area contributed by atoms with Gasteiger partial charge < -0.3 is 9.67 Å². The highest BCUT2D eigenvalue weighted by atomic mass is 16.2. The molecule has 0 radical (unpaired) electrons. The number of hydrogen-bond acceptors (Lipinski definition) is 3. The lowest BCUT2D eigenvalue weighted by atomic mass is 10.1. The second-order valence-electron chi connectivity index (χ2n) is 4.40. The zero-order chi connectivity index (χ0) is 12.6. The maximum Gasteiger partial charge on any atom is 0.0951 e. The number of nitrogens with zero attached hydrogens (tertiary/aromatic N) is 3. The number of rotatable bonds is 7. The van der Waals surface area contributed by atoms with Gasteiger partial charge in [0.1, 0.15) is 0 Å². The summed E-state index contributed by atoms with van der Waals surface area (Å²) in [7, 11) is 0. The lowest BCUT2D eigenvalue weighted by Crippen LogP contribution is -2.03. The predicted molar refractivity (Wildman–Crippen MR) is 70.2 cm³/mol. The van der Waals surface area contributed by atoms with Crippen LogP contribution >= 0.6 is 0 Å². The summed E-state index contributed by atoms with van der Waals surface area (Å²) in [6.07, 6.45) is 11.5. The van der Waals surface area contributed by atoms with Crippen molar-refractivity contribution in [3.05, 3.63) is 48.3 Å². The van der Waals surface area contributed by atoms with Crippen LogP contribution in [0.1, 0.15) is 30.5 Å². The number of aromatic nitrogens is 3. The topological polar surface area (TPSA) is 50.9 Å². The highest BCUT2D eigenvalue weighted by molar-refractivity contribution is 5.12. The number of aliphatic hydroxyl groups is 1. The first-order valence-corrected chi connectivity index (χ1v) is 6.39. The van der Waals surface area contributed by atoms with E-state index in [0.717, 1.165) is 32.2 Å². The molecule has 0 aliphatic carbocycles. The van der Waals surface area contributed by atoms with Crippen LogP contribution < -0.4 is 0 Å². The standard InChI is InChI=1S/C14H19N3O/c18-9-3-1-2-4-14-10-16-12-17(14)11-13-5-7-15-8-6-13/h5-8,10,12,18H,1-4,9,11H2. The zero-order valence-electron chi connectivity index (χ0n) is 10.5. The maximum atomic E-state index is 8.75. The SMILES string of the molecule is OCCCCCc1cncn1Cc1ccncc1. The quantitative estimate of drug-likeness (QED) is 0.759. The van der Waals surface area contributed by atoms with Crippen LogP contribution in [0.15, 0.2) is 37.1 Å². The van der Waals surface area contributed by atoms with Gasteiger partial charge in [-0.3, -0.25) is 4.98 Å². The van der Waals surface area contributed by atoms with E-state index < -0.39 is 0 Å². The predicted octanol–water partition coefficient (Wildman–Crippen LogP) is 2.03. The molecule has 0 unspecified atom stereocenters. The monoisotopic (exact) mass is 245 g/mol. The molecule has 4 nitrogen and oxygen atoms in total. The molecule has 0 saturated carbocycles. The molecule has 0 amide bonds. The van der Waals surface area contributed by atoms with Crippen LogP contribution in [0.4, 0.5) is 0 Å². The maximum absolute atomic E-state index is 8.75. The molecule has 1 N–H and O–H groups in total. The second kappa shape index (κ2) is 6.91. The first kappa shape index (κ1) is 12.8. The summed E-state index contributed by atoms with van der Waals surface area (Å²) < 4.78 is 2.17. The molecule has 2 heterocycles. The molecular formula is C14H19N3O. The Kier molecular flexibility index (Phi) is 4.90. The van der Waals surface area contributed by atoms with Gasteiger partial charge in [-0.05, 0) is 37.0 Å². The highest BCUT2D eigenvalue weighted by Crippen LogP contribution is 2.09. The van der Waals surface area contributed by atoms with E-state index in [-0.39, 0.29) is 6.61 Å².